The molecule has 1 saturated carbocycles. The second-order valence-corrected chi connectivity index (χ2v) is 12.4. The van der Waals surface area contributed by atoms with Crippen molar-refractivity contribution >= 4 is 42.3 Å². The molecule has 1 aliphatic carbocycles. The topological polar surface area (TPSA) is 68.3 Å². The molecule has 3 rings (SSSR count). The predicted octanol–water partition coefficient (Wildman–Crippen LogP) is 4.28. The molecule has 0 aliphatic heterocycles. The van der Waals surface area contributed by atoms with Gasteiger partial charge in [0.05, 0.1) is 9.79 Å². The van der Waals surface area contributed by atoms with E-state index >= 15 is 0 Å². The summed E-state index contributed by atoms with van der Waals surface area (Å²) >= 11 is 2.19. The molecule has 0 unspecified atom stereocenters. The highest BCUT2D eigenvalue weighted by Gasteiger charge is 2.61. The standard InChI is InChI=1S/C20H21IO4S2/c1-2-16-13-20(14-17(16)15-21,26(22,23)18-9-5-3-6-10-18)27(24,25)19-11-7-4-8-12-19/h2-12,16-17H,1,13-15H2/t16-,17-/m0/s1. The third kappa shape index (κ3) is 3.27. The number of benzene rings is 2. The summed E-state index contributed by atoms with van der Waals surface area (Å²) in [5, 5.41) is 0. The maximum Gasteiger partial charge on any atom is 0.198 e. The summed E-state index contributed by atoms with van der Waals surface area (Å²) in [6.07, 6.45) is 1.80. The second kappa shape index (κ2) is 7.67. The van der Waals surface area contributed by atoms with Crippen molar-refractivity contribution in [2.75, 3.05) is 4.43 Å². The van der Waals surface area contributed by atoms with E-state index in [0.29, 0.717) is 4.43 Å². The van der Waals surface area contributed by atoms with Gasteiger partial charge in [-0.2, -0.15) is 0 Å². The molecule has 4 nitrogen and oxygen atoms in total. The van der Waals surface area contributed by atoms with Crippen LogP contribution < -0.4 is 0 Å². The molecule has 7 heteroatoms. The third-order valence-electron chi connectivity index (χ3n) is 5.31. The Kier molecular flexibility index (Phi) is 5.84. The molecule has 0 spiro atoms. The average molecular weight is 516 g/mol. The predicted molar refractivity (Wildman–Crippen MR) is 115 cm³/mol. The van der Waals surface area contributed by atoms with Crippen LogP contribution in [0.1, 0.15) is 12.8 Å². The van der Waals surface area contributed by atoms with E-state index in [9.17, 15) is 16.8 Å². The Labute approximate surface area is 174 Å². The lowest BCUT2D eigenvalue weighted by atomic mass is 9.99. The lowest BCUT2D eigenvalue weighted by molar-refractivity contribution is 0.518. The van der Waals surface area contributed by atoms with Gasteiger partial charge in [-0.3, -0.25) is 0 Å². The zero-order valence-electron chi connectivity index (χ0n) is 14.7. The second-order valence-electron chi connectivity index (χ2n) is 6.77. The van der Waals surface area contributed by atoms with Crippen molar-refractivity contribution in [1.29, 1.82) is 0 Å². The van der Waals surface area contributed by atoms with Crippen molar-refractivity contribution < 1.29 is 16.8 Å². The molecule has 0 bridgehead atoms. The van der Waals surface area contributed by atoms with Crippen LogP contribution in [0.15, 0.2) is 83.1 Å². The third-order valence-corrected chi connectivity index (χ3v) is 12.2. The fourth-order valence-corrected chi connectivity index (χ4v) is 10.1. The average Bonchev–Trinajstić information content (AvgIpc) is 3.11. The zero-order chi connectivity index (χ0) is 19.7. The van der Waals surface area contributed by atoms with Gasteiger partial charge in [-0.1, -0.05) is 65.1 Å². The lowest BCUT2D eigenvalue weighted by Gasteiger charge is -2.29. The molecule has 1 fully saturated rings. The number of halogens is 1. The van der Waals surface area contributed by atoms with E-state index in [0.717, 1.165) is 0 Å². The van der Waals surface area contributed by atoms with Gasteiger partial charge in [0, 0.05) is 4.43 Å². The number of allylic oxidation sites excluding steroid dienone is 1. The first-order chi connectivity index (χ1) is 12.8. The summed E-state index contributed by atoms with van der Waals surface area (Å²) in [5.74, 6) is -0.223. The van der Waals surface area contributed by atoms with E-state index in [1.807, 2.05) is 0 Å². The quantitative estimate of drug-likeness (QED) is 0.327. The van der Waals surface area contributed by atoms with Crippen molar-refractivity contribution in [3.05, 3.63) is 73.3 Å². The van der Waals surface area contributed by atoms with Crippen LogP contribution in [0, 0.1) is 11.8 Å². The molecule has 1 aliphatic rings. The van der Waals surface area contributed by atoms with Crippen LogP contribution in [0.5, 0.6) is 0 Å². The molecule has 0 amide bonds. The fourth-order valence-electron chi connectivity index (χ4n) is 3.82. The largest absolute Gasteiger partial charge is 0.222 e. The highest BCUT2D eigenvalue weighted by Crippen LogP contribution is 2.52. The Hall–Kier alpha value is -1.19. The first-order valence-corrected chi connectivity index (χ1v) is 13.1. The van der Waals surface area contributed by atoms with Gasteiger partial charge in [0.25, 0.3) is 0 Å². The molecule has 0 aromatic heterocycles. The van der Waals surface area contributed by atoms with Crippen LogP contribution in [0.3, 0.4) is 0 Å². The minimum absolute atomic E-state index is 0.0264. The first kappa shape index (κ1) is 20.5. The molecule has 2 aromatic carbocycles. The normalized spacial score (nSPS) is 22.4. The van der Waals surface area contributed by atoms with E-state index in [4.69, 9.17) is 0 Å². The van der Waals surface area contributed by atoms with Crippen LogP contribution in [0.2, 0.25) is 0 Å². The molecule has 144 valence electrons. The summed E-state index contributed by atoms with van der Waals surface area (Å²) in [6, 6.07) is 15.8. The number of alkyl halides is 1. The molecular weight excluding hydrogens is 495 g/mol. The molecule has 2 aromatic rings. The Morgan fingerprint density at radius 3 is 1.67 bits per heavy atom. The van der Waals surface area contributed by atoms with Crippen molar-refractivity contribution in [1.82, 2.24) is 0 Å². The van der Waals surface area contributed by atoms with Crippen LogP contribution >= 0.6 is 22.6 Å². The van der Waals surface area contributed by atoms with Crippen molar-refractivity contribution in [3.8, 4) is 0 Å². The smallest absolute Gasteiger partial charge is 0.198 e. The lowest BCUT2D eigenvalue weighted by Crippen LogP contribution is -2.44. The number of hydrogen-bond donors (Lipinski definition) is 0. The van der Waals surface area contributed by atoms with Gasteiger partial charge in [-0.05, 0) is 48.9 Å². The van der Waals surface area contributed by atoms with Crippen LogP contribution in [-0.4, -0.2) is 25.3 Å². The van der Waals surface area contributed by atoms with Crippen LogP contribution in [0.4, 0.5) is 0 Å². The molecule has 2 atom stereocenters. The van der Waals surface area contributed by atoms with Gasteiger partial charge >= 0.3 is 0 Å². The molecular formula is C20H21IO4S2. The summed E-state index contributed by atoms with van der Waals surface area (Å²) in [7, 11) is -8.26. The highest BCUT2D eigenvalue weighted by molar-refractivity contribution is 14.1. The number of sulfone groups is 2. The number of hydrogen-bond acceptors (Lipinski definition) is 4. The van der Waals surface area contributed by atoms with Crippen molar-refractivity contribution in [3.63, 3.8) is 0 Å². The molecule has 27 heavy (non-hydrogen) atoms. The Bertz CT molecular complexity index is 947. The van der Waals surface area contributed by atoms with Gasteiger partial charge < -0.3 is 0 Å². The van der Waals surface area contributed by atoms with E-state index in [1.165, 1.54) is 24.3 Å². The van der Waals surface area contributed by atoms with Crippen molar-refractivity contribution in [2.45, 2.75) is 26.7 Å². The number of rotatable bonds is 6. The maximum atomic E-state index is 13.7. The van der Waals surface area contributed by atoms with E-state index in [2.05, 4.69) is 29.2 Å². The monoisotopic (exact) mass is 516 g/mol. The SMILES string of the molecule is C=C[C@H]1CC(S(=O)(=O)c2ccccc2)(S(=O)(=O)c2ccccc2)C[C@H]1CI. The van der Waals surface area contributed by atoms with Gasteiger partial charge in [0.1, 0.15) is 0 Å². The van der Waals surface area contributed by atoms with Gasteiger partial charge in [-0.15, -0.1) is 6.58 Å². The summed E-state index contributed by atoms with van der Waals surface area (Å²) in [5.41, 5.74) is 0. The van der Waals surface area contributed by atoms with Crippen molar-refractivity contribution in [2.24, 2.45) is 11.8 Å². The van der Waals surface area contributed by atoms with Gasteiger partial charge in [-0.25, -0.2) is 16.8 Å². The Morgan fingerprint density at radius 2 is 1.33 bits per heavy atom. The fraction of sp³-hybridized carbons (Fsp3) is 0.300. The maximum absolute atomic E-state index is 13.7. The molecule has 0 saturated heterocycles. The highest BCUT2D eigenvalue weighted by atomic mass is 127. The van der Waals surface area contributed by atoms with Crippen LogP contribution in [-0.2, 0) is 19.7 Å². The molecule has 0 N–H and O–H groups in total. The Balaban J connectivity index is 2.28. The summed E-state index contributed by atoms with van der Waals surface area (Å²) in [6.45, 7) is 3.82. The van der Waals surface area contributed by atoms with Crippen LogP contribution in [0.25, 0.3) is 0 Å². The van der Waals surface area contributed by atoms with E-state index in [-0.39, 0.29) is 34.5 Å². The van der Waals surface area contributed by atoms with E-state index in [1.54, 1.807) is 42.5 Å². The summed E-state index contributed by atoms with van der Waals surface area (Å²) in [4.78, 5) is 0.0860. The van der Waals surface area contributed by atoms with E-state index < -0.39 is 23.8 Å². The Morgan fingerprint density at radius 1 is 0.889 bits per heavy atom. The minimum atomic E-state index is -4.13. The summed E-state index contributed by atoms with van der Waals surface area (Å²) < 4.78 is 53.5. The van der Waals surface area contributed by atoms with Gasteiger partial charge in [0.15, 0.2) is 23.8 Å². The molecule has 0 heterocycles. The van der Waals surface area contributed by atoms with Gasteiger partial charge in [0.2, 0.25) is 0 Å². The zero-order valence-corrected chi connectivity index (χ0v) is 18.5. The molecule has 0 radical (unpaired) electrons. The minimum Gasteiger partial charge on any atom is -0.222 e. The first-order valence-electron chi connectivity index (χ1n) is 8.58.